The van der Waals surface area contributed by atoms with Crippen LogP contribution >= 0.6 is 0 Å². The average Bonchev–Trinajstić information content (AvgIpc) is 2.96. The fraction of sp³-hybridized carbons (Fsp3) is 0.500. The van der Waals surface area contributed by atoms with Crippen molar-refractivity contribution in [2.45, 2.75) is 38.2 Å². The molecule has 4 rings (SSSR count). The third-order valence-electron chi connectivity index (χ3n) is 5.06. The van der Waals surface area contributed by atoms with Crippen LogP contribution in [0.5, 0.6) is 5.75 Å². The Morgan fingerprint density at radius 3 is 2.68 bits per heavy atom. The lowest BCUT2D eigenvalue weighted by atomic mass is 9.84. The van der Waals surface area contributed by atoms with Gasteiger partial charge in [-0.25, -0.2) is 0 Å². The summed E-state index contributed by atoms with van der Waals surface area (Å²) in [6.45, 7) is 1.67. The molecule has 116 valence electrons. The van der Waals surface area contributed by atoms with Gasteiger partial charge in [0.15, 0.2) is 0 Å². The first kappa shape index (κ1) is 13.7. The Morgan fingerprint density at radius 2 is 1.95 bits per heavy atom. The summed E-state index contributed by atoms with van der Waals surface area (Å²) < 4.78 is 6.20. The van der Waals surface area contributed by atoms with E-state index in [2.05, 4.69) is 17.1 Å². The van der Waals surface area contributed by atoms with Gasteiger partial charge in [0.2, 0.25) is 5.91 Å². The molecule has 1 aromatic heterocycles. The molecule has 22 heavy (non-hydrogen) atoms. The predicted molar refractivity (Wildman–Crippen MR) is 85.9 cm³/mol. The number of benzene rings is 1. The normalized spacial score (nSPS) is 20.1. The van der Waals surface area contributed by atoms with E-state index in [-0.39, 0.29) is 6.10 Å². The van der Waals surface area contributed by atoms with Gasteiger partial charge in [-0.1, -0.05) is 12.5 Å². The first-order valence-corrected chi connectivity index (χ1v) is 8.33. The van der Waals surface area contributed by atoms with Gasteiger partial charge in [-0.15, -0.1) is 0 Å². The Labute approximate surface area is 130 Å². The molecule has 0 spiro atoms. The van der Waals surface area contributed by atoms with Gasteiger partial charge in [0.1, 0.15) is 11.9 Å². The lowest BCUT2D eigenvalue weighted by molar-refractivity contribution is -0.140. The van der Waals surface area contributed by atoms with Gasteiger partial charge in [-0.2, -0.15) is 0 Å². The van der Waals surface area contributed by atoms with Crippen molar-refractivity contribution in [3.8, 4) is 5.75 Å². The quantitative estimate of drug-likeness (QED) is 0.944. The average molecular weight is 298 g/mol. The number of ether oxygens (including phenoxy) is 1. The number of fused-ring (bicyclic) bond motifs is 1. The number of piperidine rings is 1. The van der Waals surface area contributed by atoms with Crippen molar-refractivity contribution in [1.29, 1.82) is 0 Å². The Bertz CT molecular complexity index is 667. The number of hydrogen-bond acceptors (Lipinski definition) is 2. The van der Waals surface area contributed by atoms with E-state index >= 15 is 0 Å². The van der Waals surface area contributed by atoms with Gasteiger partial charge in [0.05, 0.1) is 0 Å². The Hall–Kier alpha value is -1.97. The summed E-state index contributed by atoms with van der Waals surface area (Å²) in [4.78, 5) is 17.5. The molecular weight excluding hydrogens is 276 g/mol. The maximum Gasteiger partial charge on any atom is 0.225 e. The van der Waals surface area contributed by atoms with Crippen LogP contribution in [0.25, 0.3) is 10.9 Å². The predicted octanol–water partition coefficient (Wildman–Crippen LogP) is 3.34. The number of H-pyrrole nitrogens is 1. The van der Waals surface area contributed by atoms with Crippen molar-refractivity contribution in [3.05, 3.63) is 30.5 Å². The van der Waals surface area contributed by atoms with Crippen LogP contribution in [0.2, 0.25) is 0 Å². The zero-order valence-corrected chi connectivity index (χ0v) is 12.8. The van der Waals surface area contributed by atoms with Crippen LogP contribution in [0.3, 0.4) is 0 Å². The molecule has 2 aromatic rings. The number of likely N-dealkylation sites (tertiary alicyclic amines) is 1. The molecule has 0 atom stereocenters. The molecule has 0 unspecified atom stereocenters. The molecule has 1 aromatic carbocycles. The van der Waals surface area contributed by atoms with Gasteiger partial charge in [0, 0.05) is 48.9 Å². The fourth-order valence-corrected chi connectivity index (χ4v) is 3.45. The zero-order chi connectivity index (χ0) is 14.9. The SMILES string of the molecule is O=C(C1CCC1)N1CCC(Oc2cccc3[nH]ccc23)CC1. The summed E-state index contributed by atoms with van der Waals surface area (Å²) in [5, 5.41) is 1.13. The number of amides is 1. The second-order valence-electron chi connectivity index (χ2n) is 6.47. The van der Waals surface area contributed by atoms with Crippen molar-refractivity contribution < 1.29 is 9.53 Å². The topological polar surface area (TPSA) is 45.3 Å². The van der Waals surface area contributed by atoms with Crippen LogP contribution in [-0.4, -0.2) is 35.0 Å². The maximum absolute atomic E-state index is 12.3. The van der Waals surface area contributed by atoms with E-state index in [4.69, 9.17) is 4.74 Å². The van der Waals surface area contributed by atoms with Crippen molar-refractivity contribution in [2.75, 3.05) is 13.1 Å². The number of carbonyl (C=O) groups is 1. The summed E-state index contributed by atoms with van der Waals surface area (Å²) >= 11 is 0. The van der Waals surface area contributed by atoms with Gasteiger partial charge in [-0.05, 0) is 31.0 Å². The third-order valence-corrected chi connectivity index (χ3v) is 5.06. The molecular formula is C18H22N2O2. The summed E-state index contributed by atoms with van der Waals surface area (Å²) in [6, 6.07) is 8.16. The highest BCUT2D eigenvalue weighted by atomic mass is 16.5. The standard InChI is InChI=1S/C18H22N2O2/c21-18(13-3-1-4-13)20-11-8-14(9-12-20)22-17-6-2-5-16-15(17)7-10-19-16/h2,5-7,10,13-14,19H,1,3-4,8-9,11-12H2. The van der Waals surface area contributed by atoms with Crippen LogP contribution in [0, 0.1) is 5.92 Å². The van der Waals surface area contributed by atoms with E-state index in [0.29, 0.717) is 11.8 Å². The number of aromatic amines is 1. The molecule has 4 nitrogen and oxygen atoms in total. The van der Waals surface area contributed by atoms with Gasteiger partial charge >= 0.3 is 0 Å². The fourth-order valence-electron chi connectivity index (χ4n) is 3.45. The molecule has 2 fully saturated rings. The summed E-state index contributed by atoms with van der Waals surface area (Å²) in [6.07, 6.45) is 7.41. The number of nitrogens with one attached hydrogen (secondary N) is 1. The third kappa shape index (κ3) is 2.47. The molecule has 0 bridgehead atoms. The summed E-state index contributed by atoms with van der Waals surface area (Å²) in [5.74, 6) is 1.63. The van der Waals surface area contributed by atoms with Crippen LogP contribution < -0.4 is 4.74 Å². The smallest absolute Gasteiger partial charge is 0.225 e. The maximum atomic E-state index is 12.3. The molecule has 1 amide bonds. The van der Waals surface area contributed by atoms with E-state index in [1.165, 1.54) is 6.42 Å². The van der Waals surface area contributed by atoms with Crippen LogP contribution in [-0.2, 0) is 4.79 Å². The van der Waals surface area contributed by atoms with Gasteiger partial charge in [-0.3, -0.25) is 4.79 Å². The molecule has 2 aliphatic rings. The largest absolute Gasteiger partial charge is 0.490 e. The minimum Gasteiger partial charge on any atom is -0.490 e. The van der Waals surface area contributed by atoms with Crippen molar-refractivity contribution in [3.63, 3.8) is 0 Å². The van der Waals surface area contributed by atoms with Gasteiger partial charge < -0.3 is 14.6 Å². The van der Waals surface area contributed by atoms with Crippen LogP contribution in [0.15, 0.2) is 30.5 Å². The highest BCUT2D eigenvalue weighted by Gasteiger charge is 2.32. The molecule has 2 heterocycles. The molecule has 1 aliphatic carbocycles. The molecule has 1 saturated heterocycles. The number of rotatable bonds is 3. The second-order valence-corrected chi connectivity index (χ2v) is 6.47. The van der Waals surface area contributed by atoms with E-state index in [1.807, 2.05) is 23.2 Å². The first-order valence-electron chi connectivity index (χ1n) is 8.33. The lowest BCUT2D eigenvalue weighted by Crippen LogP contribution is -2.45. The second kappa shape index (κ2) is 5.67. The number of aromatic nitrogens is 1. The van der Waals surface area contributed by atoms with Crippen molar-refractivity contribution >= 4 is 16.8 Å². The van der Waals surface area contributed by atoms with Crippen molar-refractivity contribution in [2.24, 2.45) is 5.92 Å². The minimum absolute atomic E-state index is 0.214. The van der Waals surface area contributed by atoms with Gasteiger partial charge in [0.25, 0.3) is 0 Å². The summed E-state index contributed by atoms with van der Waals surface area (Å²) in [7, 11) is 0. The van der Waals surface area contributed by atoms with E-state index in [0.717, 1.165) is 55.4 Å². The summed E-state index contributed by atoms with van der Waals surface area (Å²) in [5.41, 5.74) is 1.11. The molecule has 4 heteroatoms. The number of hydrogen-bond donors (Lipinski definition) is 1. The van der Waals surface area contributed by atoms with E-state index in [9.17, 15) is 4.79 Å². The molecule has 1 saturated carbocycles. The molecule has 0 radical (unpaired) electrons. The zero-order valence-electron chi connectivity index (χ0n) is 12.8. The lowest BCUT2D eigenvalue weighted by Gasteiger charge is -2.36. The number of nitrogens with zero attached hydrogens (tertiary/aromatic N) is 1. The monoisotopic (exact) mass is 298 g/mol. The Kier molecular flexibility index (Phi) is 3.53. The van der Waals surface area contributed by atoms with E-state index in [1.54, 1.807) is 0 Å². The minimum atomic E-state index is 0.214. The Balaban J connectivity index is 1.37. The van der Waals surface area contributed by atoms with Crippen LogP contribution in [0.4, 0.5) is 0 Å². The highest BCUT2D eigenvalue weighted by molar-refractivity contribution is 5.85. The van der Waals surface area contributed by atoms with E-state index < -0.39 is 0 Å². The molecule has 1 aliphatic heterocycles. The number of carbonyl (C=O) groups excluding carboxylic acids is 1. The Morgan fingerprint density at radius 1 is 1.14 bits per heavy atom. The molecule has 1 N–H and O–H groups in total. The first-order chi connectivity index (χ1) is 10.8. The van der Waals surface area contributed by atoms with Crippen LogP contribution in [0.1, 0.15) is 32.1 Å². The highest BCUT2D eigenvalue weighted by Crippen LogP contribution is 2.31. The van der Waals surface area contributed by atoms with Crippen molar-refractivity contribution in [1.82, 2.24) is 9.88 Å².